The van der Waals surface area contributed by atoms with Crippen LogP contribution >= 0.6 is 0 Å². The summed E-state index contributed by atoms with van der Waals surface area (Å²) in [5, 5.41) is 0. The molecule has 0 amide bonds. The second-order valence-electron chi connectivity index (χ2n) is 20.4. The minimum Gasteiger partial charge on any atom is -0.376 e. The Morgan fingerprint density at radius 3 is 1.83 bits per heavy atom. The molecule has 2 nitrogen and oxygen atoms in total. The van der Waals surface area contributed by atoms with E-state index in [-0.39, 0.29) is 28.5 Å². The van der Waals surface area contributed by atoms with Gasteiger partial charge < -0.3 is 9.71 Å². The van der Waals surface area contributed by atoms with Gasteiger partial charge in [-0.1, -0.05) is 152 Å². The molecule has 0 atom stereocenters. The van der Waals surface area contributed by atoms with Crippen molar-refractivity contribution in [2.24, 2.45) is 0 Å². The molecule has 0 spiro atoms. The van der Waals surface area contributed by atoms with Crippen molar-refractivity contribution in [3.05, 3.63) is 173 Å². The number of para-hydroxylation sites is 3. The molecule has 7 aromatic carbocycles. The predicted molar refractivity (Wildman–Crippen MR) is 251 cm³/mol. The first-order valence-corrected chi connectivity index (χ1v) is 21.8. The molecule has 0 bridgehead atoms. The minimum absolute atomic E-state index is 0.0258. The molecule has 59 heavy (non-hydrogen) atoms. The van der Waals surface area contributed by atoms with E-state index in [0.29, 0.717) is 0 Å². The van der Waals surface area contributed by atoms with Crippen LogP contribution in [0.25, 0.3) is 33.4 Å². The highest BCUT2D eigenvalue weighted by molar-refractivity contribution is 6.93. The van der Waals surface area contributed by atoms with Crippen molar-refractivity contribution in [2.45, 2.75) is 89.9 Å². The summed E-state index contributed by atoms with van der Waals surface area (Å²) >= 11 is 0. The van der Waals surface area contributed by atoms with Gasteiger partial charge in [0.05, 0.1) is 5.69 Å². The molecule has 12 rings (SSSR count). The first kappa shape index (κ1) is 35.2. The molecule has 7 aromatic rings. The van der Waals surface area contributed by atoms with E-state index in [4.69, 9.17) is 0 Å². The Hall–Kier alpha value is -5.80. The van der Waals surface area contributed by atoms with Crippen LogP contribution in [-0.4, -0.2) is 6.85 Å². The van der Waals surface area contributed by atoms with Crippen molar-refractivity contribution in [2.75, 3.05) is 9.71 Å². The molecule has 0 unspecified atom stereocenters. The summed E-state index contributed by atoms with van der Waals surface area (Å²) in [6.45, 7) is 19.6. The average molecular weight is 763 g/mol. The first-order valence-electron chi connectivity index (χ1n) is 21.8. The van der Waals surface area contributed by atoms with E-state index >= 15 is 0 Å². The van der Waals surface area contributed by atoms with E-state index in [1.165, 1.54) is 119 Å². The zero-order valence-electron chi connectivity index (χ0n) is 35.7. The normalized spacial score (nSPS) is 18.5. The standard InChI is InChI=1S/C56H51BN2/c1-53(2)28-29-54(3,4)44-33-42-37(32-43(44)53)49-40(56(42,7)8)26-27-47-50(49)38-30-35(34-18-11-9-12-19-34)31-48-51(38)57(59(47)36-20-13-10-14-21-36)45-24-17-23-41-52(45)58(48)46-25-16-15-22-39(46)55(41,5)6/h9-27,30-33H,28-29H2,1-8H3. The van der Waals surface area contributed by atoms with Crippen molar-refractivity contribution in [1.82, 2.24) is 0 Å². The van der Waals surface area contributed by atoms with Gasteiger partial charge in [0.2, 0.25) is 0 Å². The Morgan fingerprint density at radius 2 is 1.08 bits per heavy atom. The van der Waals surface area contributed by atoms with E-state index in [2.05, 4.69) is 205 Å². The maximum atomic E-state index is 2.69. The molecule has 3 heteroatoms. The van der Waals surface area contributed by atoms with E-state index in [9.17, 15) is 0 Å². The molecular weight excluding hydrogens is 711 g/mol. The Bertz CT molecular complexity index is 2950. The molecule has 0 fully saturated rings. The van der Waals surface area contributed by atoms with Crippen molar-refractivity contribution >= 4 is 46.2 Å². The topological polar surface area (TPSA) is 6.48 Å². The summed E-state index contributed by atoms with van der Waals surface area (Å²) in [6.07, 6.45) is 2.40. The molecule has 0 saturated heterocycles. The molecular formula is C56H51BN2. The number of benzene rings is 7. The van der Waals surface area contributed by atoms with Crippen molar-refractivity contribution in [1.29, 1.82) is 0 Å². The van der Waals surface area contributed by atoms with Gasteiger partial charge in [-0.15, -0.1) is 0 Å². The van der Waals surface area contributed by atoms with Crippen molar-refractivity contribution in [3.8, 4) is 33.4 Å². The second-order valence-corrected chi connectivity index (χ2v) is 20.4. The molecule has 0 saturated carbocycles. The van der Waals surface area contributed by atoms with Gasteiger partial charge >= 0.3 is 6.85 Å². The SMILES string of the molecule is CC1(C)CCC(C)(C)c2cc3c(cc21)-c1c(ccc2c1-c1cc(-c4ccccc4)cc4c1B(c1cccc5c1N4c1ccccc1C5(C)C)N2c1ccccc1)C3(C)C. The van der Waals surface area contributed by atoms with Gasteiger partial charge in [0.1, 0.15) is 0 Å². The van der Waals surface area contributed by atoms with Crippen LogP contribution in [-0.2, 0) is 21.7 Å². The third-order valence-corrected chi connectivity index (χ3v) is 15.5. The highest BCUT2D eigenvalue weighted by atomic mass is 15.2. The zero-order valence-corrected chi connectivity index (χ0v) is 35.7. The van der Waals surface area contributed by atoms with Crippen LogP contribution in [0.5, 0.6) is 0 Å². The Morgan fingerprint density at radius 1 is 0.441 bits per heavy atom. The van der Waals surface area contributed by atoms with E-state index in [1.807, 2.05) is 0 Å². The third-order valence-electron chi connectivity index (χ3n) is 15.5. The van der Waals surface area contributed by atoms with E-state index in [0.717, 1.165) is 0 Å². The maximum absolute atomic E-state index is 2.69. The fourth-order valence-corrected chi connectivity index (χ4v) is 12.2. The summed E-state index contributed by atoms with van der Waals surface area (Å²) in [5.74, 6) is 0. The summed E-state index contributed by atoms with van der Waals surface area (Å²) in [6, 6.07) is 53.8. The van der Waals surface area contributed by atoms with Gasteiger partial charge in [-0.25, -0.2) is 0 Å². The molecule has 5 aliphatic rings. The van der Waals surface area contributed by atoms with Crippen LogP contribution in [0, 0.1) is 0 Å². The van der Waals surface area contributed by atoms with Gasteiger partial charge in [-0.2, -0.15) is 0 Å². The lowest BCUT2D eigenvalue weighted by Gasteiger charge is -2.50. The highest BCUT2D eigenvalue weighted by Gasteiger charge is 2.51. The fraction of sp³-hybridized carbons (Fsp3) is 0.250. The molecule has 0 radical (unpaired) electrons. The van der Waals surface area contributed by atoms with Gasteiger partial charge in [0.25, 0.3) is 0 Å². The molecule has 0 N–H and O–H groups in total. The van der Waals surface area contributed by atoms with Crippen LogP contribution < -0.4 is 20.6 Å². The first-order chi connectivity index (χ1) is 28.3. The fourth-order valence-electron chi connectivity index (χ4n) is 12.2. The predicted octanol–water partition coefficient (Wildman–Crippen LogP) is 13.4. The summed E-state index contributed by atoms with van der Waals surface area (Å²) in [7, 11) is 0. The van der Waals surface area contributed by atoms with Gasteiger partial charge in [0, 0.05) is 39.1 Å². The van der Waals surface area contributed by atoms with Crippen LogP contribution in [0.15, 0.2) is 140 Å². The lowest BCUT2D eigenvalue weighted by Crippen LogP contribution is -2.62. The third kappa shape index (κ3) is 4.49. The van der Waals surface area contributed by atoms with Crippen molar-refractivity contribution in [3.63, 3.8) is 0 Å². The molecule has 0 aromatic heterocycles. The van der Waals surface area contributed by atoms with E-state index in [1.54, 1.807) is 0 Å². The number of fused-ring (bicyclic) bond motifs is 11. The lowest BCUT2D eigenvalue weighted by atomic mass is 9.42. The number of anilines is 5. The lowest BCUT2D eigenvalue weighted by molar-refractivity contribution is 0.331. The molecule has 2 aliphatic carbocycles. The molecule has 3 aliphatic heterocycles. The number of hydrogen-bond donors (Lipinski definition) is 0. The Labute approximate surface area is 350 Å². The largest absolute Gasteiger partial charge is 0.376 e. The quantitative estimate of drug-likeness (QED) is 0.162. The van der Waals surface area contributed by atoms with Gasteiger partial charge in [-0.05, 0) is 138 Å². The molecule has 3 heterocycles. The maximum Gasteiger partial charge on any atom is 0.333 e. The monoisotopic (exact) mass is 762 g/mol. The zero-order chi connectivity index (χ0) is 40.4. The van der Waals surface area contributed by atoms with Gasteiger partial charge in [0.15, 0.2) is 0 Å². The number of hydrogen-bond acceptors (Lipinski definition) is 2. The Kier molecular flexibility index (Phi) is 6.84. The Balaban J connectivity index is 1.25. The number of rotatable bonds is 2. The summed E-state index contributed by atoms with van der Waals surface area (Å²) in [4.78, 5) is 5.34. The number of nitrogens with zero attached hydrogens (tertiary/aromatic N) is 2. The minimum atomic E-state index is -0.169. The van der Waals surface area contributed by atoms with Crippen LogP contribution in [0.1, 0.15) is 102 Å². The summed E-state index contributed by atoms with van der Waals surface area (Å²) in [5.41, 5.74) is 25.8. The smallest absolute Gasteiger partial charge is 0.333 e. The van der Waals surface area contributed by atoms with Crippen LogP contribution in [0.2, 0.25) is 0 Å². The highest BCUT2D eigenvalue weighted by Crippen LogP contribution is 2.61. The summed E-state index contributed by atoms with van der Waals surface area (Å²) < 4.78 is 0. The van der Waals surface area contributed by atoms with Crippen molar-refractivity contribution < 1.29 is 0 Å². The van der Waals surface area contributed by atoms with Gasteiger partial charge in [-0.3, -0.25) is 0 Å². The van der Waals surface area contributed by atoms with Crippen LogP contribution in [0.4, 0.5) is 28.4 Å². The molecule has 288 valence electrons. The second kappa shape index (κ2) is 11.5. The average Bonchev–Trinajstić information content (AvgIpc) is 3.47. The van der Waals surface area contributed by atoms with E-state index < -0.39 is 0 Å². The van der Waals surface area contributed by atoms with Crippen LogP contribution in [0.3, 0.4) is 0 Å².